The minimum absolute atomic E-state index is 0.0963. The normalized spacial score (nSPS) is 17.4. The number of para-hydroxylation sites is 1. The van der Waals surface area contributed by atoms with Gasteiger partial charge in [0.1, 0.15) is 35.3 Å². The summed E-state index contributed by atoms with van der Waals surface area (Å²) >= 11 is 0. The number of amides is 1. The number of ether oxygens (including phenoxy) is 1. The van der Waals surface area contributed by atoms with Crippen molar-refractivity contribution in [1.82, 2.24) is 4.98 Å². The number of nitrogens with one attached hydrogen (secondary N) is 1. The maximum absolute atomic E-state index is 16.3. The number of anilines is 2. The second-order valence-corrected chi connectivity index (χ2v) is 11.9. The highest BCUT2D eigenvalue weighted by Gasteiger charge is 2.45. The van der Waals surface area contributed by atoms with E-state index in [1.807, 2.05) is 51.1 Å². The molecule has 43 heavy (non-hydrogen) atoms. The van der Waals surface area contributed by atoms with E-state index in [-0.39, 0.29) is 52.5 Å². The molecule has 0 spiro atoms. The van der Waals surface area contributed by atoms with Crippen molar-refractivity contribution < 1.29 is 23.8 Å². The molecular formula is C35H32FN3O4. The molecule has 1 aliphatic heterocycles. The van der Waals surface area contributed by atoms with Crippen molar-refractivity contribution in [2.24, 2.45) is 5.41 Å². The van der Waals surface area contributed by atoms with Crippen LogP contribution >= 0.6 is 0 Å². The summed E-state index contributed by atoms with van der Waals surface area (Å²) in [4.78, 5) is 34.0. The summed E-state index contributed by atoms with van der Waals surface area (Å²) in [5.41, 5.74) is 3.05. The largest absolute Gasteiger partial charge is 0.506 e. The number of halogens is 1. The molecule has 4 aromatic rings. The van der Waals surface area contributed by atoms with Crippen LogP contribution in [0.3, 0.4) is 0 Å². The van der Waals surface area contributed by atoms with Gasteiger partial charge in [0.2, 0.25) is 0 Å². The van der Waals surface area contributed by atoms with Crippen molar-refractivity contribution in [2.45, 2.75) is 46.3 Å². The van der Waals surface area contributed by atoms with Gasteiger partial charge in [-0.15, -0.1) is 0 Å². The van der Waals surface area contributed by atoms with Crippen LogP contribution in [0.15, 0.2) is 96.3 Å². The van der Waals surface area contributed by atoms with E-state index >= 15 is 4.39 Å². The van der Waals surface area contributed by atoms with E-state index in [1.54, 1.807) is 36.4 Å². The lowest BCUT2D eigenvalue weighted by Crippen LogP contribution is -2.40. The van der Waals surface area contributed by atoms with Crippen LogP contribution in [0.4, 0.5) is 15.8 Å². The Bertz CT molecular complexity index is 1770. The number of pyridine rings is 1. The molecule has 1 aromatic heterocycles. The third-order valence-corrected chi connectivity index (χ3v) is 7.88. The van der Waals surface area contributed by atoms with Gasteiger partial charge in [-0.1, -0.05) is 50.2 Å². The predicted molar refractivity (Wildman–Crippen MR) is 162 cm³/mol. The van der Waals surface area contributed by atoms with Crippen LogP contribution in [0.25, 0.3) is 0 Å². The van der Waals surface area contributed by atoms with E-state index in [2.05, 4.69) is 10.3 Å². The molecule has 2 heterocycles. The van der Waals surface area contributed by atoms with Crippen LogP contribution in [0.2, 0.25) is 0 Å². The monoisotopic (exact) mass is 577 g/mol. The van der Waals surface area contributed by atoms with Gasteiger partial charge < -0.3 is 15.2 Å². The number of hydrogen-bond acceptors (Lipinski definition) is 6. The minimum Gasteiger partial charge on any atom is -0.506 e. The molecular weight excluding hydrogens is 545 g/mol. The summed E-state index contributed by atoms with van der Waals surface area (Å²) in [6.45, 7) is 6.08. The first-order chi connectivity index (χ1) is 20.6. The standard InChI is InChI=1S/C35H32FN3O4/c1-21-14-15-37-26(16-21)34(42)39-28-10-7-11-29(40)32(28)38-27-18-35(2,3)19-30(41)31(27)33(39)24-13-12-23(17-25(24)36)43-20-22-8-5-4-6-9-22/h4-17,33,38,40H,18-20H2,1-3H3/t33-/m0/s1. The Hall–Kier alpha value is -4.98. The molecule has 1 amide bonds. The van der Waals surface area contributed by atoms with Gasteiger partial charge in [-0.3, -0.25) is 19.5 Å². The van der Waals surface area contributed by atoms with Crippen molar-refractivity contribution in [1.29, 1.82) is 0 Å². The number of aromatic hydroxyl groups is 1. The second-order valence-electron chi connectivity index (χ2n) is 11.9. The first-order valence-electron chi connectivity index (χ1n) is 14.2. The smallest absolute Gasteiger partial charge is 0.277 e. The van der Waals surface area contributed by atoms with E-state index in [4.69, 9.17) is 4.74 Å². The lowest BCUT2D eigenvalue weighted by molar-refractivity contribution is -0.118. The van der Waals surface area contributed by atoms with E-state index in [0.29, 0.717) is 23.6 Å². The van der Waals surface area contributed by atoms with Gasteiger partial charge in [0.05, 0.1) is 11.7 Å². The molecule has 218 valence electrons. The summed E-state index contributed by atoms with van der Waals surface area (Å²) in [6.07, 6.45) is 2.22. The van der Waals surface area contributed by atoms with Crippen molar-refractivity contribution in [3.05, 3.63) is 125 Å². The molecule has 0 fully saturated rings. The maximum atomic E-state index is 16.3. The Morgan fingerprint density at radius 3 is 2.60 bits per heavy atom. The Labute approximate surface area is 249 Å². The van der Waals surface area contributed by atoms with E-state index in [0.717, 1.165) is 11.1 Å². The number of phenols is 1. The Kier molecular flexibility index (Phi) is 7.22. The molecule has 0 saturated carbocycles. The fourth-order valence-electron chi connectivity index (χ4n) is 5.90. The second kappa shape index (κ2) is 11.0. The third-order valence-electron chi connectivity index (χ3n) is 7.88. The molecule has 0 radical (unpaired) electrons. The van der Waals surface area contributed by atoms with Gasteiger partial charge in [0, 0.05) is 35.5 Å². The fraction of sp³-hybridized carbons (Fsp3) is 0.229. The fourth-order valence-corrected chi connectivity index (χ4v) is 5.90. The highest BCUT2D eigenvalue weighted by Crippen LogP contribution is 2.51. The first-order valence-corrected chi connectivity index (χ1v) is 14.2. The van der Waals surface area contributed by atoms with Crippen molar-refractivity contribution in [3.8, 4) is 11.5 Å². The summed E-state index contributed by atoms with van der Waals surface area (Å²) in [7, 11) is 0. The predicted octanol–water partition coefficient (Wildman–Crippen LogP) is 7.27. The SMILES string of the molecule is Cc1ccnc(C(=O)N2c3cccc(O)c3NC3=C(C(=O)CC(C)(C)C3)[C@@H]2c2ccc(OCc3ccccc3)cc2F)c1. The molecule has 0 unspecified atom stereocenters. The number of aryl methyl sites for hydroxylation is 1. The number of hydrogen-bond donors (Lipinski definition) is 2. The molecule has 1 atom stereocenters. The van der Waals surface area contributed by atoms with Crippen LogP contribution in [-0.2, 0) is 11.4 Å². The number of phenolic OH excluding ortho intramolecular Hbond substituents is 1. The number of carbonyl (C=O) groups excluding carboxylic acids is 2. The highest BCUT2D eigenvalue weighted by atomic mass is 19.1. The number of Topliss-reactive ketones (excluding diaryl/α,β-unsaturated/α-hetero) is 1. The van der Waals surface area contributed by atoms with Gasteiger partial charge in [-0.25, -0.2) is 4.39 Å². The number of rotatable bonds is 5. The molecule has 2 N–H and O–H groups in total. The molecule has 0 bridgehead atoms. The van der Waals surface area contributed by atoms with E-state index < -0.39 is 17.8 Å². The average molecular weight is 578 g/mol. The van der Waals surface area contributed by atoms with Crippen molar-refractivity contribution in [3.63, 3.8) is 0 Å². The number of allylic oxidation sites excluding steroid dienone is 1. The zero-order valence-electron chi connectivity index (χ0n) is 24.2. The zero-order chi connectivity index (χ0) is 30.3. The van der Waals surface area contributed by atoms with Crippen LogP contribution in [-0.4, -0.2) is 21.8 Å². The van der Waals surface area contributed by atoms with Crippen LogP contribution < -0.4 is 15.0 Å². The Morgan fingerprint density at radius 1 is 1.07 bits per heavy atom. The summed E-state index contributed by atoms with van der Waals surface area (Å²) in [6, 6.07) is 21.1. The van der Waals surface area contributed by atoms with Gasteiger partial charge in [0.25, 0.3) is 5.91 Å². The lowest BCUT2D eigenvalue weighted by atomic mass is 9.73. The Balaban J connectivity index is 1.53. The molecule has 1 aliphatic carbocycles. The number of nitrogens with zero attached hydrogens (tertiary/aromatic N) is 2. The molecule has 8 heteroatoms. The topological polar surface area (TPSA) is 91.8 Å². The maximum Gasteiger partial charge on any atom is 0.277 e. The summed E-state index contributed by atoms with van der Waals surface area (Å²) < 4.78 is 22.1. The molecule has 6 rings (SSSR count). The zero-order valence-corrected chi connectivity index (χ0v) is 24.2. The van der Waals surface area contributed by atoms with Crippen LogP contribution in [0.1, 0.15) is 59.9 Å². The van der Waals surface area contributed by atoms with Gasteiger partial charge in [0.15, 0.2) is 5.78 Å². The highest BCUT2D eigenvalue weighted by molar-refractivity contribution is 6.11. The summed E-state index contributed by atoms with van der Waals surface area (Å²) in [5.74, 6) is -1.13. The molecule has 7 nitrogen and oxygen atoms in total. The number of fused-ring (bicyclic) bond motifs is 1. The van der Waals surface area contributed by atoms with E-state index in [1.165, 1.54) is 23.2 Å². The minimum atomic E-state index is -1.13. The van der Waals surface area contributed by atoms with Crippen LogP contribution in [0.5, 0.6) is 11.5 Å². The lowest BCUT2D eigenvalue weighted by Gasteiger charge is -2.37. The number of aromatic nitrogens is 1. The van der Waals surface area contributed by atoms with Gasteiger partial charge in [-0.2, -0.15) is 0 Å². The Morgan fingerprint density at radius 2 is 1.86 bits per heavy atom. The first kappa shape index (κ1) is 28.2. The summed E-state index contributed by atoms with van der Waals surface area (Å²) in [5, 5.41) is 14.2. The number of benzene rings is 3. The quantitative estimate of drug-likeness (QED) is 0.243. The molecule has 2 aliphatic rings. The molecule has 0 saturated heterocycles. The van der Waals surface area contributed by atoms with Crippen molar-refractivity contribution >= 4 is 23.1 Å². The van der Waals surface area contributed by atoms with Crippen LogP contribution in [0, 0.1) is 18.2 Å². The van der Waals surface area contributed by atoms with E-state index in [9.17, 15) is 14.7 Å². The van der Waals surface area contributed by atoms with Gasteiger partial charge in [-0.05, 0) is 66.3 Å². The number of carbonyl (C=O) groups is 2. The number of ketones is 1. The van der Waals surface area contributed by atoms with Gasteiger partial charge >= 0.3 is 0 Å². The average Bonchev–Trinajstić information content (AvgIpc) is 3.11. The third kappa shape index (κ3) is 5.48. The van der Waals surface area contributed by atoms with Crippen molar-refractivity contribution in [2.75, 3.05) is 10.2 Å². The molecule has 3 aromatic carbocycles.